The number of carbonyl (C=O) groups is 1. The Morgan fingerprint density at radius 3 is 1.72 bits per heavy atom. The van der Waals surface area contributed by atoms with E-state index >= 15 is 0 Å². The molecule has 1 N–H and O–H groups in total. The molecule has 4 aromatic carbocycles. The van der Waals surface area contributed by atoms with Crippen LogP contribution in [0.4, 0.5) is 11.4 Å². The monoisotopic (exact) mass is 517 g/mol. The fourth-order valence-corrected chi connectivity index (χ4v) is 3.99. The molecule has 4 aromatic rings. The molecule has 0 saturated heterocycles. The Labute approximate surface area is 220 Å². The molecule has 0 aromatic heterocycles. The maximum Gasteiger partial charge on any atom is 0.288 e. The van der Waals surface area contributed by atoms with Gasteiger partial charge in [-0.05, 0) is 65.2 Å². The summed E-state index contributed by atoms with van der Waals surface area (Å²) in [6.07, 6.45) is 1.59. The Kier molecular flexibility index (Phi) is 7.75. The van der Waals surface area contributed by atoms with Crippen molar-refractivity contribution in [1.82, 2.24) is 0 Å². The van der Waals surface area contributed by atoms with Crippen molar-refractivity contribution < 1.29 is 9.90 Å². The van der Waals surface area contributed by atoms with Crippen LogP contribution in [0.1, 0.15) is 16.7 Å². The van der Waals surface area contributed by atoms with Crippen molar-refractivity contribution in [2.75, 3.05) is 24.0 Å². The molecule has 7 heteroatoms. The molecule has 0 saturated carbocycles. The first-order valence-electron chi connectivity index (χ1n) is 11.2. The van der Waals surface area contributed by atoms with E-state index in [1.165, 1.54) is 5.01 Å². The molecule has 1 amide bonds. The number of aliphatic hydroxyl groups is 1. The molecule has 4 rings (SSSR count). The maximum absolute atomic E-state index is 14.2. The molecule has 0 spiro atoms. The van der Waals surface area contributed by atoms with E-state index in [2.05, 4.69) is 5.10 Å². The highest BCUT2D eigenvalue weighted by atomic mass is 35.5. The van der Waals surface area contributed by atoms with E-state index < -0.39 is 11.5 Å². The summed E-state index contributed by atoms with van der Waals surface area (Å²) in [5.41, 5.74) is 0.997. The molecule has 0 fully saturated rings. The van der Waals surface area contributed by atoms with Gasteiger partial charge in [0.15, 0.2) is 5.60 Å². The van der Waals surface area contributed by atoms with Crippen molar-refractivity contribution in [2.45, 2.75) is 5.60 Å². The summed E-state index contributed by atoms with van der Waals surface area (Å²) in [7, 11) is 3.93. The largest absolute Gasteiger partial charge is 0.378 e. The zero-order valence-electron chi connectivity index (χ0n) is 19.8. The van der Waals surface area contributed by atoms with Gasteiger partial charge in [-0.2, -0.15) is 10.1 Å². The van der Waals surface area contributed by atoms with Crippen LogP contribution in [-0.2, 0) is 10.4 Å². The molecular weight excluding hydrogens is 493 g/mol. The highest BCUT2D eigenvalue weighted by Gasteiger charge is 2.43. The Morgan fingerprint density at radius 2 is 1.25 bits per heavy atom. The molecule has 0 aliphatic rings. The molecule has 36 heavy (non-hydrogen) atoms. The molecular formula is C29H25Cl2N3O2. The number of para-hydroxylation sites is 1. The fraction of sp³-hybridized carbons (Fsp3) is 0.103. The van der Waals surface area contributed by atoms with Gasteiger partial charge < -0.3 is 10.0 Å². The second-order valence-electron chi connectivity index (χ2n) is 8.41. The zero-order valence-corrected chi connectivity index (χ0v) is 21.4. The lowest BCUT2D eigenvalue weighted by Crippen LogP contribution is -2.46. The first kappa shape index (κ1) is 25.5. The number of rotatable bonds is 7. The molecule has 0 aliphatic heterocycles. The lowest BCUT2D eigenvalue weighted by Gasteiger charge is -2.32. The van der Waals surface area contributed by atoms with Crippen LogP contribution in [0.2, 0.25) is 10.0 Å². The van der Waals surface area contributed by atoms with Crippen molar-refractivity contribution >= 4 is 46.7 Å². The normalized spacial score (nSPS) is 11.5. The average Bonchev–Trinajstić information content (AvgIpc) is 2.90. The smallest absolute Gasteiger partial charge is 0.288 e. The molecule has 0 heterocycles. The van der Waals surface area contributed by atoms with Crippen LogP contribution in [0.15, 0.2) is 108 Å². The third-order valence-corrected chi connectivity index (χ3v) is 6.26. The number of amides is 1. The summed E-state index contributed by atoms with van der Waals surface area (Å²) in [4.78, 5) is 16.2. The van der Waals surface area contributed by atoms with Gasteiger partial charge in [0.1, 0.15) is 0 Å². The molecule has 0 aliphatic carbocycles. The lowest BCUT2D eigenvalue weighted by molar-refractivity contribution is -0.133. The minimum absolute atomic E-state index is 0.352. The summed E-state index contributed by atoms with van der Waals surface area (Å²) in [5, 5.41) is 18.8. The molecule has 182 valence electrons. The van der Waals surface area contributed by atoms with Crippen LogP contribution in [0.5, 0.6) is 0 Å². The SMILES string of the molecule is CN(C)c1ccc(C=NN(C(=O)C(O)(c2ccc(Cl)cc2)c2ccc(Cl)cc2)c2ccccc2)cc1. The number of halogens is 2. The van der Waals surface area contributed by atoms with E-state index in [1.54, 1.807) is 79.0 Å². The van der Waals surface area contributed by atoms with Crippen molar-refractivity contribution in [3.63, 3.8) is 0 Å². The summed E-state index contributed by atoms with van der Waals surface area (Å²) in [6, 6.07) is 29.8. The fourth-order valence-electron chi connectivity index (χ4n) is 3.74. The zero-order chi connectivity index (χ0) is 25.7. The minimum Gasteiger partial charge on any atom is -0.378 e. The summed E-state index contributed by atoms with van der Waals surface area (Å²) in [6.45, 7) is 0. The van der Waals surface area contributed by atoms with Crippen LogP contribution in [-0.4, -0.2) is 31.3 Å². The van der Waals surface area contributed by atoms with Crippen LogP contribution in [0.3, 0.4) is 0 Å². The van der Waals surface area contributed by atoms with Gasteiger partial charge in [-0.3, -0.25) is 4.79 Å². The van der Waals surface area contributed by atoms with Gasteiger partial charge in [0.25, 0.3) is 5.91 Å². The topological polar surface area (TPSA) is 56.1 Å². The van der Waals surface area contributed by atoms with Gasteiger partial charge in [0.05, 0.1) is 11.9 Å². The Morgan fingerprint density at radius 1 is 0.750 bits per heavy atom. The van der Waals surface area contributed by atoms with Gasteiger partial charge in [-0.1, -0.05) is 77.8 Å². The van der Waals surface area contributed by atoms with E-state index in [4.69, 9.17) is 23.2 Å². The first-order valence-corrected chi connectivity index (χ1v) is 12.0. The Balaban J connectivity index is 1.81. The van der Waals surface area contributed by atoms with Gasteiger partial charge in [0, 0.05) is 29.8 Å². The second kappa shape index (κ2) is 11.0. The van der Waals surface area contributed by atoms with Crippen molar-refractivity contribution in [3.8, 4) is 0 Å². The number of hydrogen-bond donors (Lipinski definition) is 1. The van der Waals surface area contributed by atoms with Gasteiger partial charge in [0.2, 0.25) is 0 Å². The molecule has 0 unspecified atom stereocenters. The predicted molar refractivity (Wildman–Crippen MR) is 148 cm³/mol. The molecule has 5 nitrogen and oxygen atoms in total. The van der Waals surface area contributed by atoms with E-state index in [0.717, 1.165) is 11.3 Å². The molecule has 0 atom stereocenters. The van der Waals surface area contributed by atoms with Crippen LogP contribution >= 0.6 is 23.2 Å². The lowest BCUT2D eigenvalue weighted by atomic mass is 9.85. The van der Waals surface area contributed by atoms with Gasteiger partial charge in [-0.25, -0.2) is 0 Å². The maximum atomic E-state index is 14.2. The van der Waals surface area contributed by atoms with Crippen molar-refractivity contribution in [1.29, 1.82) is 0 Å². The second-order valence-corrected chi connectivity index (χ2v) is 9.28. The first-order chi connectivity index (χ1) is 17.3. The predicted octanol–water partition coefficient (Wildman–Crippen LogP) is 6.36. The minimum atomic E-state index is -2.06. The number of carbonyl (C=O) groups excluding carboxylic acids is 1. The Hall–Kier alpha value is -3.64. The average molecular weight is 518 g/mol. The van der Waals surface area contributed by atoms with E-state index in [9.17, 15) is 9.90 Å². The Bertz CT molecular complexity index is 1290. The number of anilines is 2. The number of hydrazone groups is 1. The van der Waals surface area contributed by atoms with Crippen LogP contribution in [0, 0.1) is 0 Å². The van der Waals surface area contributed by atoms with E-state index in [1.807, 2.05) is 49.3 Å². The molecule has 0 bridgehead atoms. The number of hydrogen-bond acceptors (Lipinski definition) is 4. The highest BCUT2D eigenvalue weighted by molar-refractivity contribution is 6.30. The van der Waals surface area contributed by atoms with Crippen molar-refractivity contribution in [2.24, 2.45) is 5.10 Å². The van der Waals surface area contributed by atoms with Crippen LogP contribution in [0.25, 0.3) is 0 Å². The highest BCUT2D eigenvalue weighted by Crippen LogP contribution is 2.35. The summed E-state index contributed by atoms with van der Waals surface area (Å²) >= 11 is 12.2. The third-order valence-electron chi connectivity index (χ3n) is 5.76. The van der Waals surface area contributed by atoms with E-state index in [0.29, 0.717) is 26.9 Å². The van der Waals surface area contributed by atoms with E-state index in [-0.39, 0.29) is 0 Å². The molecule has 0 radical (unpaired) electrons. The van der Waals surface area contributed by atoms with Crippen LogP contribution < -0.4 is 9.91 Å². The van der Waals surface area contributed by atoms with Gasteiger partial charge in [-0.15, -0.1) is 0 Å². The number of nitrogens with zero attached hydrogens (tertiary/aromatic N) is 3. The summed E-state index contributed by atoms with van der Waals surface area (Å²) in [5.74, 6) is -0.653. The standard InChI is InChI=1S/C29H25Cl2N3O2/c1-33(2)26-18-8-21(9-19-26)20-32-34(27-6-4-3-5-7-27)28(35)29(36,22-10-14-24(30)15-11-22)23-12-16-25(31)17-13-23/h3-20,36H,1-2H3. The quantitative estimate of drug-likeness (QED) is 0.229. The number of benzene rings is 4. The summed E-state index contributed by atoms with van der Waals surface area (Å²) < 4.78 is 0. The van der Waals surface area contributed by atoms with Gasteiger partial charge >= 0.3 is 0 Å². The van der Waals surface area contributed by atoms with Crippen molar-refractivity contribution in [3.05, 3.63) is 130 Å². The third kappa shape index (κ3) is 5.44.